The van der Waals surface area contributed by atoms with Gasteiger partial charge in [-0.05, 0) is 92.9 Å². The number of para-hydroxylation sites is 1. The van der Waals surface area contributed by atoms with E-state index < -0.39 is 0 Å². The monoisotopic (exact) mass is 654 g/mol. The Hall–Kier alpha value is -6.12. The van der Waals surface area contributed by atoms with Crippen molar-refractivity contribution >= 4 is 39.2 Å². The number of hydrogen-bond acceptors (Lipinski definition) is 2. The van der Waals surface area contributed by atoms with Gasteiger partial charge in [-0.15, -0.1) is 0 Å². The quantitative estimate of drug-likeness (QED) is 0.182. The number of benzene rings is 7. The zero-order valence-electron chi connectivity index (χ0n) is 28.9. The molecule has 2 unspecified atom stereocenters. The smallest absolute Gasteiger partial charge is 0.0629 e. The van der Waals surface area contributed by atoms with Crippen molar-refractivity contribution in [1.82, 2.24) is 0 Å². The highest BCUT2D eigenvalue weighted by molar-refractivity contribution is 6.03. The fourth-order valence-corrected chi connectivity index (χ4v) is 8.88. The molecule has 2 aliphatic carbocycles. The van der Waals surface area contributed by atoms with E-state index >= 15 is 0 Å². The molecule has 0 aromatic heterocycles. The van der Waals surface area contributed by atoms with Crippen molar-refractivity contribution in [3.05, 3.63) is 199 Å². The third-order valence-corrected chi connectivity index (χ3v) is 11.4. The molecule has 2 nitrogen and oxygen atoms in total. The van der Waals surface area contributed by atoms with Crippen LogP contribution in [0.25, 0.3) is 33.0 Å². The fourth-order valence-electron chi connectivity index (χ4n) is 8.88. The van der Waals surface area contributed by atoms with Gasteiger partial charge in [0, 0.05) is 39.5 Å². The molecule has 0 N–H and O–H groups in total. The summed E-state index contributed by atoms with van der Waals surface area (Å²) in [6, 6.07) is 58.5. The minimum absolute atomic E-state index is 0.0449. The highest BCUT2D eigenvalue weighted by Crippen LogP contribution is 2.53. The molecule has 0 radical (unpaired) electrons. The fraction of sp³-hybridized carbons (Fsp3) is 0.102. The maximum atomic E-state index is 2.56. The first-order valence-electron chi connectivity index (χ1n) is 18.0. The van der Waals surface area contributed by atoms with Crippen molar-refractivity contribution in [3.8, 4) is 22.3 Å². The minimum atomic E-state index is -0.0449. The van der Waals surface area contributed by atoms with Crippen LogP contribution >= 0.6 is 0 Å². The summed E-state index contributed by atoms with van der Waals surface area (Å²) in [5.41, 5.74) is 15.1. The predicted molar refractivity (Wildman–Crippen MR) is 215 cm³/mol. The van der Waals surface area contributed by atoms with Crippen molar-refractivity contribution in [2.24, 2.45) is 0 Å². The second kappa shape index (κ2) is 11.5. The molecule has 1 aliphatic heterocycles. The average Bonchev–Trinajstić information content (AvgIpc) is 3.65. The molecule has 0 amide bonds. The minimum Gasteiger partial charge on any atom is -0.333 e. The summed E-state index contributed by atoms with van der Waals surface area (Å²) < 4.78 is 0. The van der Waals surface area contributed by atoms with Gasteiger partial charge in [0.05, 0.1) is 11.7 Å². The maximum absolute atomic E-state index is 2.56. The Bertz CT molecular complexity index is 2510. The number of nitrogens with zero attached hydrogens (tertiary/aromatic N) is 2. The molecule has 0 fully saturated rings. The van der Waals surface area contributed by atoms with Gasteiger partial charge < -0.3 is 9.80 Å². The van der Waals surface area contributed by atoms with Crippen LogP contribution in [0.15, 0.2) is 182 Å². The summed E-state index contributed by atoms with van der Waals surface area (Å²) in [5.74, 6) is 0.306. The van der Waals surface area contributed by atoms with Gasteiger partial charge in [-0.1, -0.05) is 147 Å². The second-order valence-electron chi connectivity index (χ2n) is 14.5. The van der Waals surface area contributed by atoms with Crippen molar-refractivity contribution in [2.45, 2.75) is 31.2 Å². The number of fused-ring (bicyclic) bond motifs is 8. The summed E-state index contributed by atoms with van der Waals surface area (Å²) in [6.45, 7) is 4.70. The van der Waals surface area contributed by atoms with Gasteiger partial charge in [-0.3, -0.25) is 0 Å². The Morgan fingerprint density at radius 1 is 0.529 bits per heavy atom. The summed E-state index contributed by atoms with van der Waals surface area (Å²) in [5, 5.41) is 2.51. The molecule has 10 rings (SSSR count). The van der Waals surface area contributed by atoms with Crippen LogP contribution < -0.4 is 9.80 Å². The van der Waals surface area contributed by atoms with Crippen molar-refractivity contribution < 1.29 is 0 Å². The van der Waals surface area contributed by atoms with E-state index in [-0.39, 0.29) is 11.5 Å². The summed E-state index contributed by atoms with van der Waals surface area (Å²) in [6.07, 6.45) is 9.13. The molecular weight excluding hydrogens is 617 g/mol. The first kappa shape index (κ1) is 29.8. The Morgan fingerprint density at radius 2 is 1.16 bits per heavy atom. The van der Waals surface area contributed by atoms with Gasteiger partial charge in [-0.25, -0.2) is 0 Å². The Morgan fingerprint density at radius 3 is 1.98 bits per heavy atom. The lowest BCUT2D eigenvalue weighted by atomic mass is 9.82. The molecule has 2 atom stereocenters. The van der Waals surface area contributed by atoms with E-state index in [1.165, 1.54) is 61.1 Å². The van der Waals surface area contributed by atoms with Crippen LogP contribution in [0, 0.1) is 0 Å². The number of allylic oxidation sites excluding steroid dienone is 2. The lowest BCUT2D eigenvalue weighted by Gasteiger charge is -2.30. The van der Waals surface area contributed by atoms with Crippen molar-refractivity contribution in [2.75, 3.05) is 9.80 Å². The number of anilines is 5. The summed E-state index contributed by atoms with van der Waals surface area (Å²) in [4.78, 5) is 5.00. The molecule has 0 saturated carbocycles. The normalized spacial score (nSPS) is 17.6. The highest BCUT2D eigenvalue weighted by Gasteiger charge is 2.39. The van der Waals surface area contributed by atoms with E-state index in [2.05, 4.69) is 206 Å². The molecule has 0 saturated heterocycles. The second-order valence-corrected chi connectivity index (χ2v) is 14.5. The Labute approximate surface area is 300 Å². The zero-order valence-corrected chi connectivity index (χ0v) is 28.9. The molecule has 51 heavy (non-hydrogen) atoms. The Kier molecular flexibility index (Phi) is 6.69. The largest absolute Gasteiger partial charge is 0.333 e. The maximum Gasteiger partial charge on any atom is 0.0629 e. The van der Waals surface area contributed by atoms with Crippen LogP contribution in [0.1, 0.15) is 36.5 Å². The molecule has 7 aromatic rings. The van der Waals surface area contributed by atoms with E-state index in [1.54, 1.807) is 0 Å². The third kappa shape index (κ3) is 4.63. The first-order chi connectivity index (χ1) is 25.1. The highest BCUT2D eigenvalue weighted by atomic mass is 15.2. The summed E-state index contributed by atoms with van der Waals surface area (Å²) >= 11 is 0. The van der Waals surface area contributed by atoms with E-state index in [4.69, 9.17) is 0 Å². The van der Waals surface area contributed by atoms with Crippen molar-refractivity contribution in [3.63, 3.8) is 0 Å². The summed E-state index contributed by atoms with van der Waals surface area (Å²) in [7, 11) is 0. The van der Waals surface area contributed by atoms with Crippen LogP contribution in [0.2, 0.25) is 0 Å². The first-order valence-corrected chi connectivity index (χ1v) is 18.0. The SMILES string of the molecule is CC1(C)c2ccccc2-c2cc(N(c3ccc(-c4ccccc4)cc3)c3ccc4ccc5c(c4c3)N(c3ccccc3)C3C=CC=CC53)ccc21. The molecular formula is C49H38N2. The van der Waals surface area contributed by atoms with Gasteiger partial charge in [0.15, 0.2) is 0 Å². The van der Waals surface area contributed by atoms with E-state index in [0.717, 1.165) is 17.1 Å². The average molecular weight is 655 g/mol. The van der Waals surface area contributed by atoms with Crippen LogP contribution in [0.5, 0.6) is 0 Å². The lowest BCUT2D eigenvalue weighted by molar-refractivity contribution is 0.660. The van der Waals surface area contributed by atoms with Crippen LogP contribution in [0.4, 0.5) is 28.4 Å². The van der Waals surface area contributed by atoms with Crippen LogP contribution in [0.3, 0.4) is 0 Å². The topological polar surface area (TPSA) is 6.48 Å². The standard InChI is InChI=1S/C49H38N2/c1-49(2)45-19-11-9-17-40(45)44-32-39(28-30-46(44)49)50(37-25-21-34(22-26-37)33-13-5-3-6-14-33)38-27-23-35-24-29-42-41-18-10-12-20-47(41)51(48(42)43(35)31-38)36-15-7-4-8-16-36/h3-32,41,47H,1-2H3. The van der Waals surface area contributed by atoms with Gasteiger partial charge in [0.1, 0.15) is 0 Å². The van der Waals surface area contributed by atoms with Gasteiger partial charge >= 0.3 is 0 Å². The molecule has 244 valence electrons. The Balaban J connectivity index is 1.18. The van der Waals surface area contributed by atoms with Gasteiger partial charge in [0.25, 0.3) is 0 Å². The third-order valence-electron chi connectivity index (χ3n) is 11.4. The molecule has 2 heteroatoms. The van der Waals surface area contributed by atoms with E-state index in [1.807, 2.05) is 0 Å². The number of rotatable bonds is 5. The molecule has 1 heterocycles. The van der Waals surface area contributed by atoms with Gasteiger partial charge in [0.2, 0.25) is 0 Å². The molecule has 0 bridgehead atoms. The van der Waals surface area contributed by atoms with E-state index in [9.17, 15) is 0 Å². The van der Waals surface area contributed by atoms with Gasteiger partial charge in [-0.2, -0.15) is 0 Å². The van der Waals surface area contributed by atoms with Crippen molar-refractivity contribution in [1.29, 1.82) is 0 Å². The predicted octanol–water partition coefficient (Wildman–Crippen LogP) is 13.0. The molecule has 7 aromatic carbocycles. The van der Waals surface area contributed by atoms with E-state index in [0.29, 0.717) is 5.92 Å². The number of hydrogen-bond donors (Lipinski definition) is 0. The molecule has 0 spiro atoms. The lowest BCUT2D eigenvalue weighted by Crippen LogP contribution is -2.28. The molecule has 3 aliphatic rings. The zero-order chi connectivity index (χ0) is 34.1. The van der Waals surface area contributed by atoms with Crippen LogP contribution in [-0.4, -0.2) is 6.04 Å². The van der Waals surface area contributed by atoms with Crippen LogP contribution in [-0.2, 0) is 5.41 Å².